The molecule has 0 saturated carbocycles. The molecule has 1 fully saturated rings. The predicted molar refractivity (Wildman–Crippen MR) is 61.3 cm³/mol. The van der Waals surface area contributed by atoms with Gasteiger partial charge in [-0.15, -0.1) is 0 Å². The Morgan fingerprint density at radius 1 is 0.750 bits per heavy atom. The normalized spacial score (nSPS) is 24.0. The van der Waals surface area contributed by atoms with Crippen LogP contribution in [0.3, 0.4) is 0 Å². The van der Waals surface area contributed by atoms with Crippen LogP contribution in [-0.2, 0) is 0 Å². The van der Waals surface area contributed by atoms with Crippen molar-refractivity contribution in [1.82, 2.24) is 0 Å². The minimum atomic E-state index is 1.32. The van der Waals surface area contributed by atoms with Gasteiger partial charge in [0.05, 0.1) is 0 Å². The van der Waals surface area contributed by atoms with E-state index in [-0.39, 0.29) is 0 Å². The van der Waals surface area contributed by atoms with E-state index in [1.807, 2.05) is 21.6 Å². The van der Waals surface area contributed by atoms with Crippen molar-refractivity contribution in [3.8, 4) is 0 Å². The van der Waals surface area contributed by atoms with E-state index >= 15 is 0 Å². The molecule has 0 atom stereocenters. The van der Waals surface area contributed by atoms with E-state index < -0.39 is 0 Å². The van der Waals surface area contributed by atoms with Crippen molar-refractivity contribution in [2.45, 2.75) is 51.4 Å². The maximum absolute atomic E-state index is 2.38. The SMILES string of the molecule is [CH]1CCCCCCCCCSS1. The summed E-state index contributed by atoms with van der Waals surface area (Å²) in [5.41, 5.74) is 0. The van der Waals surface area contributed by atoms with Crippen molar-refractivity contribution in [2.75, 3.05) is 5.75 Å². The molecule has 71 valence electrons. The maximum atomic E-state index is 2.38. The van der Waals surface area contributed by atoms with Gasteiger partial charge in [-0.1, -0.05) is 60.1 Å². The second-order valence-corrected chi connectivity index (χ2v) is 5.80. The average molecular weight is 203 g/mol. The Morgan fingerprint density at radius 2 is 1.42 bits per heavy atom. The second-order valence-electron chi connectivity index (χ2n) is 3.35. The summed E-state index contributed by atoms with van der Waals surface area (Å²) in [5.74, 6) is 3.73. The number of rotatable bonds is 0. The maximum Gasteiger partial charge on any atom is 0.0278 e. The van der Waals surface area contributed by atoms with Crippen LogP contribution in [0.1, 0.15) is 51.4 Å². The fraction of sp³-hybridized carbons (Fsp3) is 0.900. The largest absolute Gasteiger partial charge is 0.0938 e. The molecule has 1 rings (SSSR count). The van der Waals surface area contributed by atoms with Gasteiger partial charge in [-0.05, 0) is 12.8 Å². The molecule has 0 bridgehead atoms. The first-order valence-electron chi connectivity index (χ1n) is 5.10. The lowest BCUT2D eigenvalue weighted by molar-refractivity contribution is 0.592. The fourth-order valence-electron chi connectivity index (χ4n) is 1.42. The van der Waals surface area contributed by atoms with Crippen LogP contribution in [0.4, 0.5) is 0 Å². The van der Waals surface area contributed by atoms with Crippen molar-refractivity contribution in [1.29, 1.82) is 0 Å². The van der Waals surface area contributed by atoms with Crippen LogP contribution in [0.5, 0.6) is 0 Å². The van der Waals surface area contributed by atoms with E-state index in [2.05, 4.69) is 5.75 Å². The molecule has 0 aromatic rings. The average Bonchev–Trinajstić information content (AvgIpc) is 2.05. The second kappa shape index (κ2) is 8.31. The first kappa shape index (κ1) is 10.8. The molecule has 0 aromatic carbocycles. The molecule has 0 amide bonds. The molecule has 0 aliphatic carbocycles. The topological polar surface area (TPSA) is 0 Å². The highest BCUT2D eigenvalue weighted by Crippen LogP contribution is 2.28. The molecule has 1 aliphatic heterocycles. The van der Waals surface area contributed by atoms with Crippen LogP contribution < -0.4 is 0 Å². The first-order valence-corrected chi connectivity index (χ1v) is 7.48. The van der Waals surface area contributed by atoms with Crippen molar-refractivity contribution in [2.24, 2.45) is 0 Å². The highest BCUT2D eigenvalue weighted by Gasteiger charge is 1.96. The minimum Gasteiger partial charge on any atom is -0.0938 e. The molecule has 1 heterocycles. The Bertz CT molecular complexity index is 50.8. The van der Waals surface area contributed by atoms with E-state index in [4.69, 9.17) is 0 Å². The van der Waals surface area contributed by atoms with Crippen LogP contribution in [0.2, 0.25) is 0 Å². The Kier molecular flexibility index (Phi) is 7.46. The summed E-state index contributed by atoms with van der Waals surface area (Å²) in [6.45, 7) is 0. The first-order chi connectivity index (χ1) is 6.00. The molecule has 1 radical (unpaired) electrons. The van der Waals surface area contributed by atoms with Crippen LogP contribution in [0, 0.1) is 5.75 Å². The van der Waals surface area contributed by atoms with E-state index in [0.29, 0.717) is 0 Å². The van der Waals surface area contributed by atoms with Gasteiger partial charge in [-0.3, -0.25) is 0 Å². The molecular weight excluding hydrogens is 184 g/mol. The molecule has 2 heteroatoms. The molecule has 0 aromatic heterocycles. The van der Waals surface area contributed by atoms with Gasteiger partial charge in [-0.25, -0.2) is 0 Å². The fourth-order valence-corrected chi connectivity index (χ4v) is 3.41. The van der Waals surface area contributed by atoms with Gasteiger partial charge in [0.2, 0.25) is 0 Å². The molecule has 1 aliphatic rings. The zero-order valence-electron chi connectivity index (χ0n) is 7.76. The molecule has 0 unspecified atom stereocenters. The smallest absolute Gasteiger partial charge is 0.0278 e. The van der Waals surface area contributed by atoms with Gasteiger partial charge in [-0.2, -0.15) is 0 Å². The molecule has 12 heavy (non-hydrogen) atoms. The van der Waals surface area contributed by atoms with Crippen LogP contribution in [0.15, 0.2) is 0 Å². The molecular formula is C10H19S2. The molecule has 0 spiro atoms. The summed E-state index contributed by atoms with van der Waals surface area (Å²) in [4.78, 5) is 0. The summed E-state index contributed by atoms with van der Waals surface area (Å²) >= 11 is 0. The highest BCUT2D eigenvalue weighted by atomic mass is 33.1. The van der Waals surface area contributed by atoms with E-state index in [9.17, 15) is 0 Å². The van der Waals surface area contributed by atoms with Gasteiger partial charge in [0, 0.05) is 11.5 Å². The Hall–Kier alpha value is 0.700. The summed E-state index contributed by atoms with van der Waals surface area (Å²) in [6, 6.07) is 0. The van der Waals surface area contributed by atoms with Crippen molar-refractivity contribution < 1.29 is 0 Å². The lowest BCUT2D eigenvalue weighted by Crippen LogP contribution is -1.84. The quantitative estimate of drug-likeness (QED) is 0.525. The summed E-state index contributed by atoms with van der Waals surface area (Å²) in [6.07, 6.45) is 11.4. The Balaban J connectivity index is 2.00. The number of hydrogen-bond acceptors (Lipinski definition) is 2. The van der Waals surface area contributed by atoms with Crippen LogP contribution >= 0.6 is 21.6 Å². The third kappa shape index (κ3) is 6.24. The van der Waals surface area contributed by atoms with Gasteiger partial charge in [0.1, 0.15) is 0 Å². The lowest BCUT2D eigenvalue weighted by atomic mass is 10.1. The van der Waals surface area contributed by atoms with Gasteiger partial charge < -0.3 is 0 Å². The standard InChI is InChI=1S/C10H19S2/c1-2-4-6-8-10-12-11-9-7-5-3-1/h9H,1-8,10H2. The summed E-state index contributed by atoms with van der Waals surface area (Å²) in [5, 5.41) is 0. The molecule has 0 nitrogen and oxygen atoms in total. The summed E-state index contributed by atoms with van der Waals surface area (Å²) < 4.78 is 0. The zero-order valence-corrected chi connectivity index (χ0v) is 9.39. The third-order valence-corrected chi connectivity index (χ3v) is 4.47. The van der Waals surface area contributed by atoms with E-state index in [1.54, 1.807) is 0 Å². The Labute approximate surface area is 84.7 Å². The molecule has 0 N–H and O–H groups in total. The summed E-state index contributed by atoms with van der Waals surface area (Å²) in [7, 11) is 3.99. The van der Waals surface area contributed by atoms with Crippen LogP contribution in [-0.4, -0.2) is 5.75 Å². The zero-order chi connectivity index (χ0) is 8.49. The monoisotopic (exact) mass is 203 g/mol. The third-order valence-electron chi connectivity index (χ3n) is 2.19. The van der Waals surface area contributed by atoms with E-state index in [1.165, 1.54) is 57.1 Å². The van der Waals surface area contributed by atoms with Crippen molar-refractivity contribution in [3.63, 3.8) is 0 Å². The van der Waals surface area contributed by atoms with Crippen molar-refractivity contribution >= 4 is 21.6 Å². The minimum absolute atomic E-state index is 1.32. The Morgan fingerprint density at radius 3 is 2.25 bits per heavy atom. The van der Waals surface area contributed by atoms with Gasteiger partial charge in [0.25, 0.3) is 0 Å². The van der Waals surface area contributed by atoms with E-state index in [0.717, 1.165) is 0 Å². The number of hydrogen-bond donors (Lipinski definition) is 0. The van der Waals surface area contributed by atoms with Gasteiger partial charge in [0.15, 0.2) is 0 Å². The lowest BCUT2D eigenvalue weighted by Gasteiger charge is -2.05. The van der Waals surface area contributed by atoms with Crippen LogP contribution in [0.25, 0.3) is 0 Å². The highest BCUT2D eigenvalue weighted by molar-refractivity contribution is 8.77. The molecule has 1 saturated heterocycles. The predicted octanol–water partition coefficient (Wildman–Crippen LogP) is 4.66. The van der Waals surface area contributed by atoms with Gasteiger partial charge >= 0.3 is 0 Å². The van der Waals surface area contributed by atoms with Crippen molar-refractivity contribution in [3.05, 3.63) is 5.75 Å².